The molecule has 2 unspecified atom stereocenters. The predicted octanol–water partition coefficient (Wildman–Crippen LogP) is 5.46. The quantitative estimate of drug-likeness (QED) is 0.666. The van der Waals surface area contributed by atoms with Crippen molar-refractivity contribution in [3.05, 3.63) is 47.8 Å². The third kappa shape index (κ3) is 2.02. The Morgan fingerprint density at radius 1 is 1.15 bits per heavy atom. The van der Waals surface area contributed by atoms with E-state index in [0.717, 1.165) is 36.5 Å². The van der Waals surface area contributed by atoms with E-state index >= 15 is 0 Å². The molecule has 6 rings (SSSR count). The minimum absolute atomic E-state index is 0.286. The number of fused-ring (bicyclic) bond motifs is 8. The molecule has 0 aliphatic heterocycles. The van der Waals surface area contributed by atoms with Crippen LogP contribution in [-0.4, -0.2) is 10.8 Å². The topological polar surface area (TPSA) is 30.0 Å². The Morgan fingerprint density at radius 2 is 2.04 bits per heavy atom. The molecule has 0 bridgehead atoms. The first-order chi connectivity index (χ1) is 13.0. The first-order valence-corrected chi connectivity index (χ1v) is 10.9. The molecule has 7 atom stereocenters. The smallest absolute Gasteiger partial charge is 0.155 e. The number of nitrogens with zero attached hydrogens (tertiary/aromatic N) is 1. The maximum Gasteiger partial charge on any atom is 0.155 e. The largest absolute Gasteiger partial charge is 0.295 e. The molecule has 140 valence electrons. The van der Waals surface area contributed by atoms with Crippen LogP contribution in [0.5, 0.6) is 0 Å². The summed E-state index contributed by atoms with van der Waals surface area (Å²) < 4.78 is 0. The van der Waals surface area contributed by atoms with Crippen molar-refractivity contribution in [3.63, 3.8) is 0 Å². The molecule has 0 N–H and O–H groups in total. The van der Waals surface area contributed by atoms with Crippen LogP contribution in [0.4, 0.5) is 0 Å². The van der Waals surface area contributed by atoms with Gasteiger partial charge >= 0.3 is 0 Å². The van der Waals surface area contributed by atoms with Gasteiger partial charge in [0.2, 0.25) is 0 Å². The monoisotopic (exact) mass is 359 g/mol. The zero-order chi connectivity index (χ0) is 18.4. The fourth-order valence-electron chi connectivity index (χ4n) is 7.94. The van der Waals surface area contributed by atoms with Gasteiger partial charge in [-0.1, -0.05) is 31.6 Å². The fraction of sp³-hybridized carbons (Fsp3) is 0.600. The summed E-state index contributed by atoms with van der Waals surface area (Å²) in [5, 5.41) is 0. The van der Waals surface area contributed by atoms with Gasteiger partial charge in [0.15, 0.2) is 5.78 Å². The maximum absolute atomic E-state index is 12.1. The van der Waals surface area contributed by atoms with Crippen LogP contribution < -0.4 is 0 Å². The van der Waals surface area contributed by atoms with E-state index in [2.05, 4.69) is 49.3 Å². The lowest BCUT2D eigenvalue weighted by Crippen LogP contribution is -2.51. The van der Waals surface area contributed by atoms with Crippen molar-refractivity contribution in [2.45, 2.75) is 52.4 Å². The number of carbonyl (C=O) groups is 1. The van der Waals surface area contributed by atoms with Crippen molar-refractivity contribution in [1.29, 1.82) is 0 Å². The first kappa shape index (κ1) is 16.3. The molecule has 1 aromatic rings. The molecule has 5 aliphatic rings. The highest BCUT2D eigenvalue weighted by molar-refractivity contribution is 5.92. The molecule has 0 radical (unpaired) electrons. The van der Waals surface area contributed by atoms with Gasteiger partial charge in [-0.3, -0.25) is 9.78 Å². The highest BCUT2D eigenvalue weighted by atomic mass is 16.1. The van der Waals surface area contributed by atoms with Gasteiger partial charge < -0.3 is 0 Å². The van der Waals surface area contributed by atoms with Gasteiger partial charge in [0.25, 0.3) is 0 Å². The van der Waals surface area contributed by atoms with Crippen molar-refractivity contribution < 1.29 is 4.79 Å². The Labute approximate surface area is 162 Å². The Bertz CT molecular complexity index is 883. The number of carbonyl (C=O) groups excluding carboxylic acids is 1. The van der Waals surface area contributed by atoms with Gasteiger partial charge in [0.1, 0.15) is 0 Å². The van der Waals surface area contributed by atoms with E-state index in [1.54, 1.807) is 11.1 Å². The summed E-state index contributed by atoms with van der Waals surface area (Å²) in [4.78, 5) is 16.5. The fourth-order valence-corrected chi connectivity index (χ4v) is 7.94. The zero-order valence-electron chi connectivity index (χ0n) is 16.4. The first-order valence-electron chi connectivity index (χ1n) is 10.9. The van der Waals surface area contributed by atoms with Gasteiger partial charge in [0, 0.05) is 18.8 Å². The lowest BCUT2D eigenvalue weighted by atomic mass is 9.46. The number of pyridine rings is 1. The van der Waals surface area contributed by atoms with Crippen molar-refractivity contribution in [1.82, 2.24) is 4.98 Å². The van der Waals surface area contributed by atoms with Crippen molar-refractivity contribution in [3.8, 4) is 0 Å². The summed E-state index contributed by atoms with van der Waals surface area (Å²) in [5.74, 6) is 4.33. The molecular formula is C25H29NO. The number of ketones is 1. The van der Waals surface area contributed by atoms with Crippen LogP contribution in [0, 0.1) is 40.4 Å². The van der Waals surface area contributed by atoms with Crippen molar-refractivity contribution in [2.24, 2.45) is 40.4 Å². The Morgan fingerprint density at radius 3 is 2.85 bits per heavy atom. The molecular weight excluding hydrogens is 330 g/mol. The molecule has 5 aliphatic carbocycles. The zero-order valence-corrected chi connectivity index (χ0v) is 16.4. The van der Waals surface area contributed by atoms with Crippen LogP contribution in [0.2, 0.25) is 0 Å². The molecule has 0 amide bonds. The van der Waals surface area contributed by atoms with E-state index in [0.29, 0.717) is 17.1 Å². The number of rotatable bonds is 1. The van der Waals surface area contributed by atoms with Crippen LogP contribution in [0.3, 0.4) is 0 Å². The molecule has 3 saturated carbocycles. The van der Waals surface area contributed by atoms with Gasteiger partial charge in [-0.05, 0) is 95.8 Å². The molecule has 2 heteroatoms. The predicted molar refractivity (Wildman–Crippen MR) is 107 cm³/mol. The molecule has 0 aromatic carbocycles. The van der Waals surface area contributed by atoms with E-state index in [9.17, 15) is 4.79 Å². The summed E-state index contributed by atoms with van der Waals surface area (Å²) in [7, 11) is 0. The standard InChI is InChI=1S/C25H29NO/c1-24-10-8-21-23(20(24)6-5-19(24)15-4-3-11-26-14-15)18-13-17(18)22-12-16(27)7-9-25(21,22)2/h3-5,11-12,14,17-18,20-21,23H,6-10,13H2,1-2H3/t17?,18?,20-,21-,23-,24+,25+/m0/s1. The number of hydrogen-bond acceptors (Lipinski definition) is 2. The second kappa shape index (κ2) is 5.21. The molecule has 2 nitrogen and oxygen atoms in total. The van der Waals surface area contributed by atoms with E-state index < -0.39 is 0 Å². The average Bonchev–Trinajstić information content (AvgIpc) is 3.38. The Kier molecular flexibility index (Phi) is 3.14. The Hall–Kier alpha value is -1.70. The molecule has 1 heterocycles. The number of hydrogen-bond donors (Lipinski definition) is 0. The second-order valence-electron chi connectivity index (χ2n) is 10.3. The molecule has 3 fully saturated rings. The lowest BCUT2D eigenvalue weighted by molar-refractivity contribution is -0.117. The average molecular weight is 360 g/mol. The summed E-state index contributed by atoms with van der Waals surface area (Å²) in [6.45, 7) is 5.04. The third-order valence-corrected chi connectivity index (χ3v) is 9.30. The minimum atomic E-state index is 0.286. The highest BCUT2D eigenvalue weighted by Crippen LogP contribution is 2.74. The number of allylic oxidation sites excluding steroid dienone is 4. The van der Waals surface area contributed by atoms with Gasteiger partial charge in [-0.25, -0.2) is 0 Å². The van der Waals surface area contributed by atoms with Crippen molar-refractivity contribution in [2.75, 3.05) is 0 Å². The van der Waals surface area contributed by atoms with Crippen LogP contribution in [0.25, 0.3) is 5.57 Å². The van der Waals surface area contributed by atoms with Crippen LogP contribution in [-0.2, 0) is 4.79 Å². The van der Waals surface area contributed by atoms with Gasteiger partial charge in [0.05, 0.1) is 0 Å². The lowest BCUT2D eigenvalue weighted by Gasteiger charge is -2.57. The highest BCUT2D eigenvalue weighted by Gasteiger charge is 2.66. The summed E-state index contributed by atoms with van der Waals surface area (Å²) in [6.07, 6.45) is 15.6. The SMILES string of the molecule is C[C@]12CCC(=O)C=C1C1CC1[C@@H]1[C@@H]2CC[C@]2(C)C(c3cccnc3)=CC[C@@H]12. The normalized spacial score (nSPS) is 47.2. The van der Waals surface area contributed by atoms with E-state index in [1.807, 2.05) is 6.20 Å². The minimum Gasteiger partial charge on any atom is -0.295 e. The third-order valence-electron chi connectivity index (χ3n) is 9.30. The van der Waals surface area contributed by atoms with Crippen molar-refractivity contribution >= 4 is 11.4 Å². The second-order valence-corrected chi connectivity index (χ2v) is 10.3. The van der Waals surface area contributed by atoms with Crippen LogP contribution in [0.1, 0.15) is 57.9 Å². The molecule has 1 aromatic heterocycles. The van der Waals surface area contributed by atoms with Gasteiger partial charge in [-0.15, -0.1) is 0 Å². The van der Waals surface area contributed by atoms with E-state index in [-0.39, 0.29) is 5.41 Å². The Balaban J connectivity index is 1.39. The summed E-state index contributed by atoms with van der Waals surface area (Å²) in [5.41, 5.74) is 5.03. The molecule has 0 spiro atoms. The molecule has 27 heavy (non-hydrogen) atoms. The van der Waals surface area contributed by atoms with E-state index in [4.69, 9.17) is 0 Å². The van der Waals surface area contributed by atoms with Crippen LogP contribution >= 0.6 is 0 Å². The summed E-state index contributed by atoms with van der Waals surface area (Å²) in [6, 6.07) is 4.32. The molecule has 0 saturated heterocycles. The number of aromatic nitrogens is 1. The van der Waals surface area contributed by atoms with Crippen LogP contribution in [0.15, 0.2) is 42.3 Å². The van der Waals surface area contributed by atoms with Gasteiger partial charge in [-0.2, -0.15) is 0 Å². The van der Waals surface area contributed by atoms with E-state index in [1.165, 1.54) is 31.2 Å². The summed E-state index contributed by atoms with van der Waals surface area (Å²) >= 11 is 0. The maximum atomic E-state index is 12.1.